The maximum absolute atomic E-state index is 13.7. The predicted octanol–water partition coefficient (Wildman–Crippen LogP) is 3.68. The van der Waals surface area contributed by atoms with Gasteiger partial charge in [-0.25, -0.2) is 13.2 Å². The van der Waals surface area contributed by atoms with Gasteiger partial charge in [0.15, 0.2) is 17.5 Å². The number of halogens is 3. The van der Waals surface area contributed by atoms with E-state index in [9.17, 15) is 13.2 Å². The number of hydrogen-bond donors (Lipinski definition) is 2. The van der Waals surface area contributed by atoms with Crippen LogP contribution in [0.25, 0.3) is 0 Å². The highest BCUT2D eigenvalue weighted by Gasteiger charge is 2.26. The average Bonchev–Trinajstić information content (AvgIpc) is 2.32. The molecule has 0 aliphatic heterocycles. The highest BCUT2D eigenvalue weighted by molar-refractivity contribution is 5.23. The Morgan fingerprint density at radius 2 is 1.74 bits per heavy atom. The summed E-state index contributed by atoms with van der Waals surface area (Å²) in [5, 5.41) is 0. The lowest BCUT2D eigenvalue weighted by Crippen LogP contribution is -2.32. The molecular formula is C14H21F3N2. The molecule has 19 heavy (non-hydrogen) atoms. The highest BCUT2D eigenvalue weighted by atomic mass is 19.2. The number of rotatable bonds is 4. The average molecular weight is 274 g/mol. The van der Waals surface area contributed by atoms with Gasteiger partial charge in [0.25, 0.3) is 0 Å². The van der Waals surface area contributed by atoms with Crippen LogP contribution in [0.15, 0.2) is 12.1 Å². The molecular weight excluding hydrogens is 253 g/mol. The Bertz CT molecular complexity index is 441. The molecule has 0 spiro atoms. The second-order valence-corrected chi connectivity index (χ2v) is 5.99. The van der Waals surface area contributed by atoms with Crippen molar-refractivity contribution in [3.8, 4) is 0 Å². The van der Waals surface area contributed by atoms with Crippen LogP contribution in [-0.4, -0.2) is 0 Å². The zero-order valence-electron chi connectivity index (χ0n) is 11.7. The van der Waals surface area contributed by atoms with Gasteiger partial charge in [0.1, 0.15) is 0 Å². The van der Waals surface area contributed by atoms with Gasteiger partial charge in [0.05, 0.1) is 0 Å². The first-order chi connectivity index (χ1) is 8.68. The molecule has 5 heteroatoms. The molecule has 2 nitrogen and oxygen atoms in total. The van der Waals surface area contributed by atoms with Crippen molar-refractivity contribution in [3.05, 3.63) is 35.1 Å². The lowest BCUT2D eigenvalue weighted by atomic mass is 9.77. The molecule has 0 radical (unpaired) electrons. The third kappa shape index (κ3) is 3.70. The van der Waals surface area contributed by atoms with E-state index in [1.54, 1.807) is 0 Å². The fraction of sp³-hybridized carbons (Fsp3) is 0.571. The Labute approximate surface area is 112 Å². The SMILES string of the molecule is CC(CC(NN)c1ccc(F)c(F)c1F)C(C)(C)C. The van der Waals surface area contributed by atoms with Gasteiger partial charge in [-0.1, -0.05) is 33.8 Å². The third-order valence-electron chi connectivity index (χ3n) is 3.71. The minimum Gasteiger partial charge on any atom is -0.271 e. The van der Waals surface area contributed by atoms with Crippen molar-refractivity contribution < 1.29 is 13.2 Å². The van der Waals surface area contributed by atoms with Gasteiger partial charge < -0.3 is 0 Å². The van der Waals surface area contributed by atoms with Crippen LogP contribution >= 0.6 is 0 Å². The summed E-state index contributed by atoms with van der Waals surface area (Å²) >= 11 is 0. The second-order valence-electron chi connectivity index (χ2n) is 5.99. The van der Waals surface area contributed by atoms with E-state index in [1.807, 2.05) is 6.92 Å². The van der Waals surface area contributed by atoms with Crippen LogP contribution in [0.4, 0.5) is 13.2 Å². The van der Waals surface area contributed by atoms with Gasteiger partial charge in [-0.15, -0.1) is 0 Å². The van der Waals surface area contributed by atoms with Crippen LogP contribution in [0.1, 0.15) is 45.7 Å². The van der Waals surface area contributed by atoms with E-state index in [0.717, 1.165) is 6.07 Å². The summed E-state index contributed by atoms with van der Waals surface area (Å²) < 4.78 is 39.9. The molecule has 1 aromatic carbocycles. The maximum Gasteiger partial charge on any atom is 0.194 e. The Balaban J connectivity index is 3.02. The van der Waals surface area contributed by atoms with Gasteiger partial charge in [-0.2, -0.15) is 0 Å². The smallest absolute Gasteiger partial charge is 0.194 e. The molecule has 0 aliphatic rings. The van der Waals surface area contributed by atoms with Crippen LogP contribution in [0.5, 0.6) is 0 Å². The minimum atomic E-state index is -1.46. The largest absolute Gasteiger partial charge is 0.271 e. The number of nitrogens with one attached hydrogen (secondary N) is 1. The van der Waals surface area contributed by atoms with Crippen LogP contribution < -0.4 is 11.3 Å². The Kier molecular flexibility index (Phi) is 4.98. The Morgan fingerprint density at radius 3 is 2.21 bits per heavy atom. The molecule has 3 N–H and O–H groups in total. The highest BCUT2D eigenvalue weighted by Crippen LogP contribution is 2.34. The monoisotopic (exact) mass is 274 g/mol. The molecule has 0 amide bonds. The topological polar surface area (TPSA) is 38.0 Å². The standard InChI is InChI=1S/C14H21F3N2/c1-8(14(2,3)4)7-11(19-18)9-5-6-10(15)13(17)12(9)16/h5-6,8,11,19H,7,18H2,1-4H3. The van der Waals surface area contributed by atoms with Crippen molar-refractivity contribution in [2.24, 2.45) is 17.2 Å². The maximum atomic E-state index is 13.7. The Hall–Kier alpha value is -1.07. The van der Waals surface area contributed by atoms with Gasteiger partial charge in [-0.3, -0.25) is 11.3 Å². The third-order valence-corrected chi connectivity index (χ3v) is 3.71. The summed E-state index contributed by atoms with van der Waals surface area (Å²) in [6.07, 6.45) is 0.530. The normalized spacial score (nSPS) is 15.4. The van der Waals surface area contributed by atoms with E-state index >= 15 is 0 Å². The van der Waals surface area contributed by atoms with E-state index in [0.29, 0.717) is 6.42 Å². The zero-order valence-corrected chi connectivity index (χ0v) is 11.7. The molecule has 2 atom stereocenters. The molecule has 108 valence electrons. The fourth-order valence-electron chi connectivity index (χ4n) is 1.80. The van der Waals surface area contributed by atoms with Crippen molar-refractivity contribution in [2.45, 2.75) is 40.2 Å². The summed E-state index contributed by atoms with van der Waals surface area (Å²) in [5.74, 6) is 1.82. The van der Waals surface area contributed by atoms with Crippen LogP contribution in [0.3, 0.4) is 0 Å². The van der Waals surface area contributed by atoms with Gasteiger partial charge >= 0.3 is 0 Å². The molecule has 0 aromatic heterocycles. The zero-order chi connectivity index (χ0) is 14.8. The van der Waals surface area contributed by atoms with Crippen LogP contribution in [-0.2, 0) is 0 Å². The molecule has 0 aliphatic carbocycles. The first-order valence-electron chi connectivity index (χ1n) is 6.28. The summed E-state index contributed by atoms with van der Waals surface area (Å²) in [6, 6.07) is 1.59. The quantitative estimate of drug-likeness (QED) is 0.499. The molecule has 0 saturated heterocycles. The van der Waals surface area contributed by atoms with E-state index < -0.39 is 23.5 Å². The molecule has 1 rings (SSSR count). The van der Waals surface area contributed by atoms with Crippen molar-refractivity contribution in [1.82, 2.24) is 5.43 Å². The summed E-state index contributed by atoms with van der Waals surface area (Å²) in [5.41, 5.74) is 2.55. The first kappa shape index (κ1) is 16.0. The molecule has 0 bridgehead atoms. The summed E-state index contributed by atoms with van der Waals surface area (Å²) in [6.45, 7) is 8.20. The van der Waals surface area contributed by atoms with Gasteiger partial charge in [-0.05, 0) is 23.8 Å². The number of hydrogen-bond acceptors (Lipinski definition) is 2. The molecule has 0 fully saturated rings. The number of nitrogens with two attached hydrogens (primary N) is 1. The molecule has 1 aromatic rings. The summed E-state index contributed by atoms with van der Waals surface area (Å²) in [7, 11) is 0. The predicted molar refractivity (Wildman–Crippen MR) is 69.6 cm³/mol. The van der Waals surface area contributed by atoms with Crippen LogP contribution in [0.2, 0.25) is 0 Å². The van der Waals surface area contributed by atoms with Gasteiger partial charge in [0.2, 0.25) is 0 Å². The van der Waals surface area contributed by atoms with Crippen molar-refractivity contribution in [2.75, 3.05) is 0 Å². The first-order valence-corrected chi connectivity index (χ1v) is 6.28. The van der Waals surface area contributed by atoms with Crippen molar-refractivity contribution in [3.63, 3.8) is 0 Å². The lowest BCUT2D eigenvalue weighted by molar-refractivity contribution is 0.221. The number of hydrazine groups is 1. The molecule has 2 unspecified atom stereocenters. The van der Waals surface area contributed by atoms with E-state index in [4.69, 9.17) is 5.84 Å². The van der Waals surface area contributed by atoms with Crippen LogP contribution in [0, 0.1) is 28.8 Å². The molecule has 0 heterocycles. The fourth-order valence-corrected chi connectivity index (χ4v) is 1.80. The van der Waals surface area contributed by atoms with E-state index in [-0.39, 0.29) is 16.9 Å². The lowest BCUT2D eigenvalue weighted by Gasteiger charge is -2.30. The summed E-state index contributed by atoms with van der Waals surface area (Å²) in [4.78, 5) is 0. The van der Waals surface area contributed by atoms with Crippen molar-refractivity contribution >= 4 is 0 Å². The molecule has 0 saturated carbocycles. The second kappa shape index (κ2) is 5.92. The Morgan fingerprint density at radius 1 is 1.16 bits per heavy atom. The van der Waals surface area contributed by atoms with Gasteiger partial charge in [0, 0.05) is 11.6 Å². The van der Waals surface area contributed by atoms with E-state index in [1.165, 1.54) is 6.07 Å². The minimum absolute atomic E-state index is 0.0180. The van der Waals surface area contributed by atoms with Crippen molar-refractivity contribution in [1.29, 1.82) is 0 Å². The number of benzene rings is 1. The van der Waals surface area contributed by atoms with E-state index in [2.05, 4.69) is 26.2 Å².